The summed E-state index contributed by atoms with van der Waals surface area (Å²) in [5, 5.41) is 20.1. The molecular formula is C10H22CaO4. The summed E-state index contributed by atoms with van der Waals surface area (Å²) >= 11 is 0. The zero-order valence-electron chi connectivity index (χ0n) is 10.3. The van der Waals surface area contributed by atoms with E-state index in [4.69, 9.17) is 0 Å². The van der Waals surface area contributed by atoms with Crippen LogP contribution in [0.1, 0.15) is 40.5 Å². The fourth-order valence-electron chi connectivity index (χ4n) is 0.568. The van der Waals surface area contributed by atoms with Crippen LogP contribution in [0.2, 0.25) is 0 Å². The molecule has 0 aromatic rings. The molecule has 0 spiro atoms. The molecule has 0 aromatic heterocycles. The van der Waals surface area contributed by atoms with Gasteiger partial charge in [0.05, 0.1) is 0 Å². The maximum atomic E-state index is 10.1. The second-order valence-electron chi connectivity index (χ2n) is 2.88. The number of rotatable bonds is 6. The molecule has 88 valence electrons. The van der Waals surface area contributed by atoms with Gasteiger partial charge in [0, 0.05) is 13.2 Å². The molecule has 0 fully saturated rings. The van der Waals surface area contributed by atoms with Gasteiger partial charge in [0.25, 0.3) is 0 Å². The second kappa shape index (κ2) is 17.5. The van der Waals surface area contributed by atoms with Crippen LogP contribution >= 0.6 is 0 Å². The first-order valence-electron chi connectivity index (χ1n) is 5.09. The predicted octanol–water partition coefficient (Wildman–Crippen LogP) is -0.142. The van der Waals surface area contributed by atoms with Crippen molar-refractivity contribution in [2.45, 2.75) is 53.1 Å². The summed E-state index contributed by atoms with van der Waals surface area (Å²) < 4.78 is 9.27. The zero-order chi connectivity index (χ0) is 11.4. The van der Waals surface area contributed by atoms with Crippen molar-refractivity contribution in [1.29, 1.82) is 0 Å². The molecule has 0 bridgehead atoms. The van der Waals surface area contributed by atoms with Crippen LogP contribution in [-0.2, 0) is 9.47 Å². The van der Waals surface area contributed by atoms with E-state index < -0.39 is 12.6 Å². The van der Waals surface area contributed by atoms with Crippen LogP contribution in [0, 0.1) is 0 Å². The van der Waals surface area contributed by atoms with E-state index in [-0.39, 0.29) is 37.7 Å². The van der Waals surface area contributed by atoms with Crippen LogP contribution in [0.5, 0.6) is 0 Å². The molecule has 0 N–H and O–H groups in total. The average molecular weight is 246 g/mol. The number of hydrogen-bond acceptors (Lipinski definition) is 4. The fourth-order valence-corrected chi connectivity index (χ4v) is 0.568. The van der Waals surface area contributed by atoms with Crippen LogP contribution in [0.15, 0.2) is 0 Å². The molecule has 15 heavy (non-hydrogen) atoms. The summed E-state index contributed by atoms with van der Waals surface area (Å²) in [6.07, 6.45) is 0.152. The molecule has 0 saturated carbocycles. The molecule has 0 aliphatic heterocycles. The van der Waals surface area contributed by atoms with Crippen LogP contribution < -0.4 is 10.2 Å². The van der Waals surface area contributed by atoms with Gasteiger partial charge in [-0.05, 0) is 25.4 Å². The Hall–Kier alpha value is 1.10. The van der Waals surface area contributed by atoms with Gasteiger partial charge in [-0.2, -0.15) is 0 Å². The van der Waals surface area contributed by atoms with Gasteiger partial charge in [0.2, 0.25) is 0 Å². The van der Waals surface area contributed by atoms with Crippen molar-refractivity contribution in [3.05, 3.63) is 0 Å². The molecule has 0 heterocycles. The molecule has 0 saturated heterocycles. The van der Waals surface area contributed by atoms with Crippen LogP contribution in [0.25, 0.3) is 0 Å². The summed E-state index contributed by atoms with van der Waals surface area (Å²) in [7, 11) is 0. The van der Waals surface area contributed by atoms with E-state index in [1.165, 1.54) is 13.8 Å². The van der Waals surface area contributed by atoms with Gasteiger partial charge >= 0.3 is 37.7 Å². The van der Waals surface area contributed by atoms with Crippen LogP contribution in [0.4, 0.5) is 0 Å². The normalized spacial score (nSPS) is 13.2. The summed E-state index contributed by atoms with van der Waals surface area (Å²) in [6.45, 7) is 8.12. The molecule has 0 rings (SSSR count). The molecule has 0 aliphatic rings. The van der Waals surface area contributed by atoms with E-state index in [0.717, 1.165) is 12.8 Å². The average Bonchev–Trinajstić information content (AvgIpc) is 2.12. The van der Waals surface area contributed by atoms with E-state index in [1.54, 1.807) is 0 Å². The number of hydrogen-bond donors (Lipinski definition) is 0. The van der Waals surface area contributed by atoms with E-state index in [9.17, 15) is 10.2 Å². The third kappa shape index (κ3) is 31.3. The van der Waals surface area contributed by atoms with Gasteiger partial charge in [-0.15, -0.1) is 0 Å². The standard InChI is InChI=1S/2C5H11O2.Ca/c2*1-3-4-7-5(2)6;/h2*5H,3-4H2,1-2H3;/q2*-1;+2. The molecule has 4 nitrogen and oxygen atoms in total. The van der Waals surface area contributed by atoms with Gasteiger partial charge in [-0.3, -0.25) is 0 Å². The van der Waals surface area contributed by atoms with Crippen molar-refractivity contribution in [2.75, 3.05) is 13.2 Å². The predicted molar refractivity (Wildman–Crippen MR) is 57.2 cm³/mol. The molecule has 0 amide bonds. The Morgan fingerprint density at radius 1 is 0.867 bits per heavy atom. The van der Waals surface area contributed by atoms with Crippen molar-refractivity contribution in [1.82, 2.24) is 0 Å². The van der Waals surface area contributed by atoms with E-state index in [1.807, 2.05) is 13.8 Å². The summed E-state index contributed by atoms with van der Waals surface area (Å²) in [6, 6.07) is 0. The van der Waals surface area contributed by atoms with Crippen molar-refractivity contribution in [3.63, 3.8) is 0 Å². The largest absolute Gasteiger partial charge is 2.00 e. The maximum Gasteiger partial charge on any atom is 2.00 e. The molecule has 0 aromatic carbocycles. The van der Waals surface area contributed by atoms with Crippen LogP contribution in [0.3, 0.4) is 0 Å². The second-order valence-corrected chi connectivity index (χ2v) is 2.88. The van der Waals surface area contributed by atoms with E-state index in [0.29, 0.717) is 13.2 Å². The van der Waals surface area contributed by atoms with Crippen molar-refractivity contribution < 1.29 is 19.7 Å². The topological polar surface area (TPSA) is 64.6 Å². The molecule has 0 aliphatic carbocycles. The third-order valence-corrected chi connectivity index (χ3v) is 1.11. The molecule has 2 atom stereocenters. The summed E-state index contributed by atoms with van der Waals surface area (Å²) in [5.74, 6) is 0. The monoisotopic (exact) mass is 246 g/mol. The fraction of sp³-hybridized carbons (Fsp3) is 1.00. The quantitative estimate of drug-likeness (QED) is 0.483. The first kappa shape index (κ1) is 21.4. The molecular weight excluding hydrogens is 224 g/mol. The van der Waals surface area contributed by atoms with Crippen molar-refractivity contribution in [2.24, 2.45) is 0 Å². The minimum atomic E-state index is -0.847. The van der Waals surface area contributed by atoms with Crippen molar-refractivity contribution in [3.8, 4) is 0 Å². The smallest absolute Gasteiger partial charge is 0.831 e. The first-order valence-corrected chi connectivity index (χ1v) is 5.09. The minimum absolute atomic E-state index is 0. The maximum absolute atomic E-state index is 10.1. The van der Waals surface area contributed by atoms with Crippen LogP contribution in [-0.4, -0.2) is 63.5 Å². The molecule has 2 unspecified atom stereocenters. The Morgan fingerprint density at radius 2 is 1.13 bits per heavy atom. The Kier molecular flexibility index (Phi) is 24.9. The SMILES string of the molecule is CCCOC(C)[O-].CCCOC(C)[O-].[Ca+2]. The summed E-state index contributed by atoms with van der Waals surface area (Å²) in [4.78, 5) is 0. The van der Waals surface area contributed by atoms with Gasteiger partial charge in [-0.25, -0.2) is 0 Å². The van der Waals surface area contributed by atoms with Gasteiger partial charge in [0.1, 0.15) is 0 Å². The van der Waals surface area contributed by atoms with Gasteiger partial charge in [0.15, 0.2) is 0 Å². The van der Waals surface area contributed by atoms with E-state index >= 15 is 0 Å². The summed E-state index contributed by atoms with van der Waals surface area (Å²) in [5.41, 5.74) is 0. The molecule has 5 heteroatoms. The van der Waals surface area contributed by atoms with Gasteiger partial charge in [-0.1, -0.05) is 27.7 Å². The van der Waals surface area contributed by atoms with Crippen molar-refractivity contribution >= 4 is 37.7 Å². The minimum Gasteiger partial charge on any atom is -0.831 e. The Morgan fingerprint density at radius 3 is 1.20 bits per heavy atom. The Labute approximate surface area is 123 Å². The Balaban J connectivity index is -0.000000180. The zero-order valence-corrected chi connectivity index (χ0v) is 12.5. The Bertz CT molecular complexity index is 87.4. The molecule has 0 radical (unpaired) electrons. The van der Waals surface area contributed by atoms with E-state index in [2.05, 4.69) is 9.47 Å². The first-order chi connectivity index (χ1) is 6.54. The number of ether oxygens (including phenoxy) is 2. The third-order valence-electron chi connectivity index (χ3n) is 1.11. The van der Waals surface area contributed by atoms with Gasteiger partial charge < -0.3 is 19.7 Å².